The summed E-state index contributed by atoms with van der Waals surface area (Å²) < 4.78 is 15.2. The zero-order chi connectivity index (χ0) is 20.1. The van der Waals surface area contributed by atoms with Crippen molar-refractivity contribution in [3.8, 4) is 22.9 Å². The molecule has 146 valence electrons. The van der Waals surface area contributed by atoms with Crippen LogP contribution in [0.15, 0.2) is 42.5 Å². The van der Waals surface area contributed by atoms with Gasteiger partial charge >= 0.3 is 0 Å². The molecule has 0 saturated carbocycles. The van der Waals surface area contributed by atoms with Gasteiger partial charge in [-0.25, -0.2) is 0 Å². The van der Waals surface area contributed by atoms with Gasteiger partial charge in [0, 0.05) is 17.1 Å². The number of carbonyl (C=O) groups is 1. The summed E-state index contributed by atoms with van der Waals surface area (Å²) in [4.78, 5) is 16.6. The van der Waals surface area contributed by atoms with Crippen molar-refractivity contribution in [2.45, 2.75) is 26.7 Å². The van der Waals surface area contributed by atoms with Crippen LogP contribution in [0.5, 0.6) is 11.5 Å². The van der Waals surface area contributed by atoms with Crippen LogP contribution in [0, 0.1) is 6.92 Å². The Labute approximate surface area is 168 Å². The van der Waals surface area contributed by atoms with Crippen molar-refractivity contribution >= 4 is 22.6 Å². The van der Waals surface area contributed by atoms with Crippen LogP contribution < -0.4 is 14.8 Å². The number of carbonyl (C=O) groups excluding carboxylic acids is 1. The highest BCUT2D eigenvalue weighted by atomic mass is 32.1. The van der Waals surface area contributed by atoms with E-state index in [4.69, 9.17) is 9.47 Å². The number of anilines is 1. The molecule has 3 rings (SSSR count). The minimum Gasteiger partial charge on any atom is -0.497 e. The Morgan fingerprint density at radius 1 is 1.18 bits per heavy atom. The minimum absolute atomic E-state index is 0.0827. The molecular formula is C21H23N3O3S. The van der Waals surface area contributed by atoms with E-state index < -0.39 is 0 Å². The van der Waals surface area contributed by atoms with E-state index in [1.807, 2.05) is 49.4 Å². The van der Waals surface area contributed by atoms with Crippen molar-refractivity contribution in [3.63, 3.8) is 0 Å². The number of nitrogens with one attached hydrogen (secondary N) is 1. The van der Waals surface area contributed by atoms with E-state index in [1.54, 1.807) is 7.11 Å². The first kappa shape index (κ1) is 19.8. The third kappa shape index (κ3) is 4.86. The zero-order valence-electron chi connectivity index (χ0n) is 16.4. The second kappa shape index (κ2) is 8.84. The smallest absolute Gasteiger partial charge is 0.264 e. The van der Waals surface area contributed by atoms with Crippen LogP contribution >= 0.6 is 11.5 Å². The molecule has 0 aliphatic heterocycles. The number of rotatable bonds is 7. The number of hydrogen-bond acceptors (Lipinski definition) is 6. The molecule has 6 nitrogen and oxygen atoms in total. The van der Waals surface area contributed by atoms with E-state index in [2.05, 4.69) is 28.5 Å². The summed E-state index contributed by atoms with van der Waals surface area (Å²) in [6.07, 6.45) is 0. The molecule has 1 amide bonds. The van der Waals surface area contributed by atoms with Gasteiger partial charge in [0.2, 0.25) is 5.13 Å². The molecule has 0 radical (unpaired) electrons. The van der Waals surface area contributed by atoms with Crippen molar-refractivity contribution in [2.24, 2.45) is 0 Å². The second-order valence-corrected chi connectivity index (χ2v) is 7.44. The van der Waals surface area contributed by atoms with Crippen LogP contribution in [-0.4, -0.2) is 29.0 Å². The molecule has 7 heteroatoms. The highest BCUT2D eigenvalue weighted by Gasteiger charge is 2.13. The topological polar surface area (TPSA) is 73.3 Å². The number of hydrogen-bond donors (Lipinski definition) is 1. The lowest BCUT2D eigenvalue weighted by molar-refractivity contribution is -0.118. The number of benzene rings is 2. The van der Waals surface area contributed by atoms with E-state index in [0.29, 0.717) is 16.9 Å². The summed E-state index contributed by atoms with van der Waals surface area (Å²) in [6.45, 7) is 6.11. The fraction of sp³-hybridized carbons (Fsp3) is 0.286. The van der Waals surface area contributed by atoms with Crippen molar-refractivity contribution in [2.75, 3.05) is 19.0 Å². The Balaban J connectivity index is 1.61. The van der Waals surface area contributed by atoms with E-state index in [0.717, 1.165) is 39.7 Å². The molecule has 0 spiro atoms. The minimum atomic E-state index is -0.270. The van der Waals surface area contributed by atoms with Gasteiger partial charge in [-0.05, 0) is 54.3 Å². The number of aromatic nitrogens is 2. The van der Waals surface area contributed by atoms with E-state index >= 15 is 0 Å². The predicted octanol–water partition coefficient (Wildman–Crippen LogP) is 4.66. The van der Waals surface area contributed by atoms with Crippen molar-refractivity contribution < 1.29 is 14.3 Å². The largest absolute Gasteiger partial charge is 0.497 e. The van der Waals surface area contributed by atoms with Gasteiger partial charge in [0.1, 0.15) is 11.5 Å². The summed E-state index contributed by atoms with van der Waals surface area (Å²) in [6, 6.07) is 13.5. The fourth-order valence-electron chi connectivity index (χ4n) is 2.67. The van der Waals surface area contributed by atoms with Gasteiger partial charge < -0.3 is 9.47 Å². The van der Waals surface area contributed by atoms with Crippen LogP contribution in [0.1, 0.15) is 30.9 Å². The summed E-state index contributed by atoms with van der Waals surface area (Å²) in [5.74, 6) is 2.11. The third-order valence-electron chi connectivity index (χ3n) is 4.17. The molecule has 1 N–H and O–H groups in total. The monoisotopic (exact) mass is 397 g/mol. The van der Waals surface area contributed by atoms with Crippen LogP contribution in [0.2, 0.25) is 0 Å². The highest BCUT2D eigenvalue weighted by molar-refractivity contribution is 7.10. The van der Waals surface area contributed by atoms with Gasteiger partial charge in [-0.1, -0.05) is 26.0 Å². The summed E-state index contributed by atoms with van der Waals surface area (Å²) >= 11 is 1.13. The van der Waals surface area contributed by atoms with Crippen molar-refractivity contribution in [1.29, 1.82) is 0 Å². The molecule has 3 aromatic rings. The average molecular weight is 398 g/mol. The number of aryl methyl sites for hydroxylation is 1. The van der Waals surface area contributed by atoms with E-state index in [9.17, 15) is 4.79 Å². The molecule has 0 fully saturated rings. The zero-order valence-corrected chi connectivity index (χ0v) is 17.2. The lowest BCUT2D eigenvalue weighted by Gasteiger charge is -2.14. The highest BCUT2D eigenvalue weighted by Crippen LogP contribution is 2.27. The lowest BCUT2D eigenvalue weighted by Crippen LogP contribution is -2.20. The normalized spacial score (nSPS) is 10.8. The van der Waals surface area contributed by atoms with Gasteiger partial charge in [0.05, 0.1) is 7.11 Å². The number of amides is 1. The first-order valence-corrected chi connectivity index (χ1v) is 9.75. The van der Waals surface area contributed by atoms with Gasteiger partial charge in [-0.3, -0.25) is 10.1 Å². The quantitative estimate of drug-likeness (QED) is 0.627. The van der Waals surface area contributed by atoms with Gasteiger partial charge in [-0.15, -0.1) is 0 Å². The Bertz CT molecular complexity index is 952. The maximum Gasteiger partial charge on any atom is 0.264 e. The molecule has 0 atom stereocenters. The molecule has 2 aromatic carbocycles. The van der Waals surface area contributed by atoms with Gasteiger partial charge in [-0.2, -0.15) is 9.36 Å². The maximum atomic E-state index is 12.3. The molecule has 0 unspecified atom stereocenters. The first-order chi connectivity index (χ1) is 13.5. The molecule has 1 aromatic heterocycles. The van der Waals surface area contributed by atoms with E-state index in [-0.39, 0.29) is 12.5 Å². The van der Waals surface area contributed by atoms with Gasteiger partial charge in [0.15, 0.2) is 12.4 Å². The molecule has 28 heavy (non-hydrogen) atoms. The predicted molar refractivity (Wildman–Crippen MR) is 111 cm³/mol. The molecule has 0 saturated heterocycles. The SMILES string of the molecule is COc1ccc(-c2nsc(NC(=O)COc3cc(C)ccc3C(C)C)n2)cc1. The molecule has 0 bridgehead atoms. The van der Waals surface area contributed by atoms with Crippen molar-refractivity contribution in [3.05, 3.63) is 53.6 Å². The summed E-state index contributed by atoms with van der Waals surface area (Å²) in [5.41, 5.74) is 3.03. The molecule has 1 heterocycles. The molecular weight excluding hydrogens is 374 g/mol. The fourth-order valence-corrected chi connectivity index (χ4v) is 3.28. The lowest BCUT2D eigenvalue weighted by atomic mass is 10.0. The average Bonchev–Trinajstić information content (AvgIpc) is 3.14. The summed E-state index contributed by atoms with van der Waals surface area (Å²) in [5, 5.41) is 3.18. The second-order valence-electron chi connectivity index (χ2n) is 6.68. The third-order valence-corrected chi connectivity index (χ3v) is 4.80. The summed E-state index contributed by atoms with van der Waals surface area (Å²) in [7, 11) is 1.62. The van der Waals surface area contributed by atoms with Crippen LogP contribution in [-0.2, 0) is 4.79 Å². The number of ether oxygens (including phenoxy) is 2. The standard InChI is InChI=1S/C21H23N3O3S/c1-13(2)17-10-5-14(3)11-18(17)27-12-19(25)22-21-23-20(24-28-21)15-6-8-16(26-4)9-7-15/h5-11,13H,12H2,1-4H3,(H,22,23,24,25). The van der Waals surface area contributed by atoms with Crippen LogP contribution in [0.3, 0.4) is 0 Å². The number of methoxy groups -OCH3 is 1. The van der Waals surface area contributed by atoms with Gasteiger partial charge in [0.25, 0.3) is 5.91 Å². The van der Waals surface area contributed by atoms with Crippen LogP contribution in [0.4, 0.5) is 5.13 Å². The first-order valence-electron chi connectivity index (χ1n) is 8.97. The van der Waals surface area contributed by atoms with E-state index in [1.165, 1.54) is 0 Å². The Hall–Kier alpha value is -2.93. The number of nitrogens with zero attached hydrogens (tertiary/aromatic N) is 2. The van der Waals surface area contributed by atoms with Crippen molar-refractivity contribution in [1.82, 2.24) is 9.36 Å². The molecule has 0 aliphatic carbocycles. The Kier molecular flexibility index (Phi) is 6.26. The Morgan fingerprint density at radius 2 is 1.93 bits per heavy atom. The maximum absolute atomic E-state index is 12.3. The molecule has 0 aliphatic rings. The van der Waals surface area contributed by atoms with Crippen LogP contribution in [0.25, 0.3) is 11.4 Å². The Morgan fingerprint density at radius 3 is 2.61 bits per heavy atom.